The number of ether oxygens (including phenoxy) is 2. The molecule has 1 rings (SSSR count). The molecule has 0 unspecified atom stereocenters. The summed E-state index contributed by atoms with van der Waals surface area (Å²) in [5.41, 5.74) is 0.707. The Balaban J connectivity index is 3.20. The number of rotatable bonds is 7. The molecule has 0 bridgehead atoms. The van der Waals surface area contributed by atoms with Gasteiger partial charge in [-0.2, -0.15) is 0 Å². The van der Waals surface area contributed by atoms with E-state index in [-0.39, 0.29) is 0 Å². The molecule has 0 aliphatic carbocycles. The maximum absolute atomic E-state index is 12.1. The molecule has 23 heavy (non-hydrogen) atoms. The number of carbonyl (C=O) groups is 1. The maximum Gasteiger partial charge on any atom is 0.338 e. The molecule has 1 aromatic rings. The van der Waals surface area contributed by atoms with Gasteiger partial charge in [-0.15, -0.1) is 0 Å². The van der Waals surface area contributed by atoms with Crippen molar-refractivity contribution in [3.05, 3.63) is 23.8 Å². The molecule has 0 aliphatic heterocycles. The second kappa shape index (κ2) is 7.50. The van der Waals surface area contributed by atoms with Gasteiger partial charge in [-0.05, 0) is 57.0 Å². The summed E-state index contributed by atoms with van der Waals surface area (Å²) in [5, 5.41) is 0. The van der Waals surface area contributed by atoms with Gasteiger partial charge in [0, 0.05) is 0 Å². The van der Waals surface area contributed by atoms with E-state index in [4.69, 9.17) is 18.3 Å². The third kappa shape index (κ3) is 6.36. The second-order valence-corrected chi connectivity index (χ2v) is 16.1. The third-order valence-electron chi connectivity index (χ3n) is 2.79. The monoisotopic (exact) mass is 356 g/mol. The van der Waals surface area contributed by atoms with Gasteiger partial charge in [0.2, 0.25) is 8.32 Å². The van der Waals surface area contributed by atoms with Crippen LogP contribution < -0.4 is 9.16 Å². The van der Waals surface area contributed by atoms with Crippen LogP contribution >= 0.6 is 0 Å². The van der Waals surface area contributed by atoms with E-state index in [1.165, 1.54) is 7.11 Å². The van der Waals surface area contributed by atoms with Gasteiger partial charge in [-0.25, -0.2) is 4.79 Å². The Morgan fingerprint density at radius 3 is 2.00 bits per heavy atom. The molecule has 5 nitrogen and oxygen atoms in total. The van der Waals surface area contributed by atoms with Crippen molar-refractivity contribution in [1.82, 2.24) is 0 Å². The number of methoxy groups -OCH3 is 2. The van der Waals surface area contributed by atoms with Crippen molar-refractivity contribution in [3.63, 3.8) is 0 Å². The van der Waals surface area contributed by atoms with Crippen molar-refractivity contribution in [1.29, 1.82) is 0 Å². The largest absolute Gasteiger partial charge is 0.542 e. The quantitative estimate of drug-likeness (QED) is 0.546. The fourth-order valence-electron chi connectivity index (χ4n) is 1.97. The van der Waals surface area contributed by atoms with Gasteiger partial charge in [0.15, 0.2) is 20.2 Å². The molecule has 0 aliphatic rings. The zero-order chi connectivity index (χ0) is 17.8. The minimum Gasteiger partial charge on any atom is -0.542 e. The Bertz CT molecular complexity index is 546. The first-order valence-electron chi connectivity index (χ1n) is 7.59. The fraction of sp³-hybridized carbons (Fsp3) is 0.562. The number of hydrogen-bond donors (Lipinski definition) is 0. The number of carbonyl (C=O) groups excluding carboxylic acids is 1. The van der Waals surface area contributed by atoms with Crippen LogP contribution in [0.5, 0.6) is 11.5 Å². The van der Waals surface area contributed by atoms with Crippen LogP contribution in [-0.2, 0) is 14.0 Å². The minimum absolute atomic E-state index is 0.409. The smallest absolute Gasteiger partial charge is 0.338 e. The van der Waals surface area contributed by atoms with Crippen LogP contribution in [0.3, 0.4) is 0 Å². The van der Waals surface area contributed by atoms with Gasteiger partial charge in [0.1, 0.15) is 5.75 Å². The van der Waals surface area contributed by atoms with E-state index in [9.17, 15) is 4.79 Å². The van der Waals surface area contributed by atoms with Crippen LogP contribution in [0.2, 0.25) is 39.3 Å². The Kier molecular flexibility index (Phi) is 6.44. The van der Waals surface area contributed by atoms with Gasteiger partial charge in [0.05, 0.1) is 14.2 Å². The van der Waals surface area contributed by atoms with Crippen molar-refractivity contribution in [2.24, 2.45) is 0 Å². The standard InChI is InChI=1S/C16H28O5Si2/c1-18-14-11-12(9-10-13(14)20-22(3,4)5)15(16(17)19-2)21-23(6,7)8/h9-11,15H,1-8H3/t15-/m1/s1. The Hall–Kier alpha value is -1.32. The van der Waals surface area contributed by atoms with Crippen molar-refractivity contribution < 1.29 is 23.1 Å². The molecule has 0 radical (unpaired) electrons. The number of benzene rings is 1. The molecular weight excluding hydrogens is 328 g/mol. The lowest BCUT2D eigenvalue weighted by Gasteiger charge is -2.26. The van der Waals surface area contributed by atoms with Crippen molar-refractivity contribution in [2.45, 2.75) is 45.4 Å². The Morgan fingerprint density at radius 1 is 0.957 bits per heavy atom. The van der Waals surface area contributed by atoms with Gasteiger partial charge >= 0.3 is 5.97 Å². The van der Waals surface area contributed by atoms with Gasteiger partial charge in [-0.3, -0.25) is 0 Å². The highest BCUT2D eigenvalue weighted by atomic mass is 28.4. The molecule has 0 amide bonds. The van der Waals surface area contributed by atoms with E-state index in [1.807, 2.05) is 31.8 Å². The maximum atomic E-state index is 12.1. The lowest BCUT2D eigenvalue weighted by atomic mass is 10.1. The number of hydrogen-bond acceptors (Lipinski definition) is 5. The third-order valence-corrected chi connectivity index (χ3v) is 4.57. The van der Waals surface area contributed by atoms with Gasteiger partial charge in [-0.1, -0.05) is 6.07 Å². The predicted molar refractivity (Wildman–Crippen MR) is 96.2 cm³/mol. The Morgan fingerprint density at radius 2 is 1.57 bits per heavy atom. The fourth-order valence-corrected chi connectivity index (χ4v) is 3.74. The minimum atomic E-state index is -1.93. The highest BCUT2D eigenvalue weighted by Gasteiger charge is 2.30. The molecule has 0 heterocycles. The van der Waals surface area contributed by atoms with Crippen LogP contribution in [0.15, 0.2) is 18.2 Å². The summed E-state index contributed by atoms with van der Waals surface area (Å²) < 4.78 is 22.3. The van der Waals surface area contributed by atoms with E-state index in [1.54, 1.807) is 13.2 Å². The average Bonchev–Trinajstić information content (AvgIpc) is 2.42. The van der Waals surface area contributed by atoms with E-state index in [0.29, 0.717) is 17.1 Å². The highest BCUT2D eigenvalue weighted by molar-refractivity contribution is 6.70. The molecule has 7 heteroatoms. The molecule has 0 saturated heterocycles. The average molecular weight is 357 g/mol. The topological polar surface area (TPSA) is 54.0 Å². The first-order chi connectivity index (χ1) is 10.5. The SMILES string of the molecule is COC(=O)[C@H](O[Si](C)(C)C)c1ccc(O[Si](C)(C)C)c(OC)c1. The summed E-state index contributed by atoms with van der Waals surface area (Å²) in [6.07, 6.45) is -0.749. The Labute approximate surface area is 141 Å². The first kappa shape index (κ1) is 19.7. The predicted octanol–water partition coefficient (Wildman–Crippen LogP) is 3.97. The van der Waals surface area contributed by atoms with E-state index < -0.39 is 28.7 Å². The molecular formula is C16H28O5Si2. The summed E-state index contributed by atoms with van der Waals surface area (Å²) in [7, 11) is -0.731. The normalized spacial score (nSPS) is 13.4. The molecule has 130 valence electrons. The molecule has 0 N–H and O–H groups in total. The molecule has 0 saturated carbocycles. The lowest BCUT2D eigenvalue weighted by molar-refractivity contribution is -0.149. The molecule has 1 atom stereocenters. The van der Waals surface area contributed by atoms with Crippen LogP contribution in [0, 0.1) is 0 Å². The molecule has 0 aromatic heterocycles. The van der Waals surface area contributed by atoms with Crippen molar-refractivity contribution >= 4 is 22.6 Å². The van der Waals surface area contributed by atoms with E-state index in [0.717, 1.165) is 0 Å². The summed E-state index contributed by atoms with van der Waals surface area (Å²) in [6.45, 7) is 12.4. The van der Waals surface area contributed by atoms with Crippen molar-refractivity contribution in [2.75, 3.05) is 14.2 Å². The van der Waals surface area contributed by atoms with Gasteiger partial charge in [0.25, 0.3) is 0 Å². The lowest BCUT2D eigenvalue weighted by Crippen LogP contribution is -2.32. The zero-order valence-corrected chi connectivity index (χ0v) is 17.4. The van der Waals surface area contributed by atoms with Crippen LogP contribution in [-0.4, -0.2) is 36.8 Å². The zero-order valence-electron chi connectivity index (χ0n) is 15.4. The van der Waals surface area contributed by atoms with Crippen LogP contribution in [0.25, 0.3) is 0 Å². The van der Waals surface area contributed by atoms with E-state index in [2.05, 4.69) is 19.6 Å². The molecule has 1 aromatic carbocycles. The number of esters is 1. The summed E-state index contributed by atoms with van der Waals surface area (Å²) in [4.78, 5) is 12.1. The van der Waals surface area contributed by atoms with E-state index >= 15 is 0 Å². The first-order valence-corrected chi connectivity index (χ1v) is 14.4. The summed E-state index contributed by atoms with van der Waals surface area (Å²) in [6, 6.07) is 5.45. The van der Waals surface area contributed by atoms with Crippen molar-refractivity contribution in [3.8, 4) is 11.5 Å². The summed E-state index contributed by atoms with van der Waals surface area (Å²) >= 11 is 0. The molecule has 0 fully saturated rings. The highest BCUT2D eigenvalue weighted by Crippen LogP contribution is 2.34. The summed E-state index contributed by atoms with van der Waals surface area (Å²) in [5.74, 6) is 0.874. The van der Waals surface area contributed by atoms with Gasteiger partial charge < -0.3 is 18.3 Å². The van der Waals surface area contributed by atoms with Crippen LogP contribution in [0.1, 0.15) is 11.7 Å². The second-order valence-electron chi connectivity index (χ2n) is 7.26. The molecule has 0 spiro atoms. The van der Waals surface area contributed by atoms with Crippen LogP contribution in [0.4, 0.5) is 0 Å².